The first-order valence-electron chi connectivity index (χ1n) is 9.60. The minimum Gasteiger partial charge on any atom is -0.469 e. The van der Waals surface area contributed by atoms with Crippen molar-refractivity contribution in [1.29, 1.82) is 5.26 Å². The summed E-state index contributed by atoms with van der Waals surface area (Å²) in [6, 6.07) is 21.4. The number of carbonyl (C=O) groups is 1. The number of rotatable bonds is 11. The number of esters is 1. The van der Waals surface area contributed by atoms with Crippen molar-refractivity contribution in [3.8, 4) is 6.07 Å². The molecular formula is C23H27NO3S. The molecule has 0 radical (unpaired) electrons. The maximum absolute atomic E-state index is 13.4. The first-order chi connectivity index (χ1) is 13.6. The molecule has 0 saturated heterocycles. The van der Waals surface area contributed by atoms with Crippen molar-refractivity contribution in [2.75, 3.05) is 7.11 Å². The Morgan fingerprint density at radius 2 is 1.61 bits per heavy atom. The summed E-state index contributed by atoms with van der Waals surface area (Å²) in [5.41, 5.74) is 1.01. The summed E-state index contributed by atoms with van der Waals surface area (Å²) in [7, 11) is -0.0366. The summed E-state index contributed by atoms with van der Waals surface area (Å²) in [5.74, 6) is -0.194. The minimum atomic E-state index is -1.43. The van der Waals surface area contributed by atoms with E-state index in [2.05, 4.69) is 10.8 Å². The third-order valence-corrected chi connectivity index (χ3v) is 6.64. The fraction of sp³-hybridized carbons (Fsp3) is 0.391. The highest BCUT2D eigenvalue weighted by atomic mass is 32.2. The van der Waals surface area contributed by atoms with Crippen LogP contribution in [-0.2, 0) is 26.8 Å². The Kier molecular flexibility index (Phi) is 8.90. The molecule has 2 aromatic carbocycles. The predicted octanol–water partition coefficient (Wildman–Crippen LogP) is 4.81. The molecule has 5 heteroatoms. The van der Waals surface area contributed by atoms with E-state index in [1.807, 2.05) is 60.7 Å². The Balaban J connectivity index is 2.08. The molecule has 0 heterocycles. The molecule has 2 atom stereocenters. The van der Waals surface area contributed by atoms with Crippen LogP contribution in [0.25, 0.3) is 0 Å². The van der Waals surface area contributed by atoms with E-state index in [1.165, 1.54) is 7.11 Å². The number of unbranched alkanes of at least 4 members (excludes halogenated alkanes) is 3. The summed E-state index contributed by atoms with van der Waals surface area (Å²) in [6.07, 6.45) is 4.76. The van der Waals surface area contributed by atoms with E-state index in [0.29, 0.717) is 24.2 Å². The van der Waals surface area contributed by atoms with Crippen LogP contribution in [0, 0.1) is 11.3 Å². The maximum Gasteiger partial charge on any atom is 0.305 e. The van der Waals surface area contributed by atoms with Crippen LogP contribution in [0.4, 0.5) is 0 Å². The van der Waals surface area contributed by atoms with Crippen LogP contribution in [0.2, 0.25) is 0 Å². The number of nitrogens with zero attached hydrogens (tertiary/aromatic N) is 1. The lowest BCUT2D eigenvalue weighted by Gasteiger charge is -2.26. The summed E-state index contributed by atoms with van der Waals surface area (Å²) in [6.45, 7) is 0. The zero-order valence-corrected chi connectivity index (χ0v) is 17.1. The molecule has 2 aromatic rings. The Labute approximate surface area is 170 Å². The van der Waals surface area contributed by atoms with Gasteiger partial charge in [0, 0.05) is 17.7 Å². The second kappa shape index (κ2) is 11.4. The Bertz CT molecular complexity index is 802. The largest absolute Gasteiger partial charge is 0.469 e. The smallest absolute Gasteiger partial charge is 0.305 e. The first-order valence-corrected chi connectivity index (χ1v) is 10.8. The fourth-order valence-electron chi connectivity index (χ4n) is 3.21. The normalized spacial score (nSPS) is 13.9. The minimum absolute atomic E-state index is 0.194. The molecule has 0 N–H and O–H groups in total. The zero-order valence-electron chi connectivity index (χ0n) is 16.3. The van der Waals surface area contributed by atoms with E-state index in [4.69, 9.17) is 0 Å². The number of methoxy groups -OCH3 is 1. The van der Waals surface area contributed by atoms with Crippen molar-refractivity contribution in [1.82, 2.24) is 0 Å². The standard InChI is InChI=1S/C23H27NO3S/c1-27-22(25)16-10-2-3-11-17-23(19-24,18-20-12-6-4-7-13-20)28(26)21-14-8-5-9-15-21/h4-9,12-15H,2-3,10-11,16-18H2,1H3. The second-order valence-corrected chi connectivity index (χ2v) is 8.63. The first kappa shape index (κ1) is 21.8. The maximum atomic E-state index is 13.4. The molecule has 0 aliphatic heterocycles. The van der Waals surface area contributed by atoms with E-state index < -0.39 is 15.5 Å². The van der Waals surface area contributed by atoms with Crippen LogP contribution in [-0.4, -0.2) is 22.0 Å². The summed E-state index contributed by atoms with van der Waals surface area (Å²) in [5, 5.41) is 10.1. The predicted molar refractivity (Wildman–Crippen MR) is 111 cm³/mol. The van der Waals surface area contributed by atoms with E-state index in [0.717, 1.165) is 31.2 Å². The lowest BCUT2D eigenvalue weighted by atomic mass is 9.93. The Morgan fingerprint density at radius 1 is 1.00 bits per heavy atom. The van der Waals surface area contributed by atoms with E-state index in [1.54, 1.807) is 0 Å². The van der Waals surface area contributed by atoms with Crippen LogP contribution in [0.1, 0.15) is 44.1 Å². The number of nitriles is 1. The Morgan fingerprint density at radius 3 is 2.21 bits per heavy atom. The molecule has 0 amide bonds. The highest BCUT2D eigenvalue weighted by molar-refractivity contribution is 7.86. The SMILES string of the molecule is COC(=O)CCCCCCC(C#N)(Cc1ccccc1)S(=O)c1ccccc1. The molecule has 0 aliphatic carbocycles. The monoisotopic (exact) mass is 397 g/mol. The molecular weight excluding hydrogens is 370 g/mol. The van der Waals surface area contributed by atoms with Crippen molar-refractivity contribution in [3.05, 3.63) is 66.2 Å². The molecule has 0 bridgehead atoms. The van der Waals surface area contributed by atoms with Gasteiger partial charge in [-0.05, 0) is 30.5 Å². The van der Waals surface area contributed by atoms with Crippen LogP contribution < -0.4 is 0 Å². The van der Waals surface area contributed by atoms with Gasteiger partial charge in [0.25, 0.3) is 0 Å². The summed E-state index contributed by atoms with van der Waals surface area (Å²) in [4.78, 5) is 11.9. The van der Waals surface area contributed by atoms with Gasteiger partial charge in [0.2, 0.25) is 0 Å². The van der Waals surface area contributed by atoms with Gasteiger partial charge >= 0.3 is 5.97 Å². The van der Waals surface area contributed by atoms with Crippen LogP contribution in [0.5, 0.6) is 0 Å². The van der Waals surface area contributed by atoms with Crippen molar-refractivity contribution < 1.29 is 13.7 Å². The van der Waals surface area contributed by atoms with Crippen molar-refractivity contribution in [2.24, 2.45) is 0 Å². The van der Waals surface area contributed by atoms with Crippen LogP contribution in [0.15, 0.2) is 65.6 Å². The van der Waals surface area contributed by atoms with Gasteiger partial charge in [-0.1, -0.05) is 67.8 Å². The molecule has 28 heavy (non-hydrogen) atoms. The van der Waals surface area contributed by atoms with Gasteiger partial charge < -0.3 is 4.74 Å². The topological polar surface area (TPSA) is 67.2 Å². The van der Waals surface area contributed by atoms with Crippen molar-refractivity contribution in [3.63, 3.8) is 0 Å². The van der Waals surface area contributed by atoms with Gasteiger partial charge in [-0.15, -0.1) is 0 Å². The van der Waals surface area contributed by atoms with Gasteiger partial charge in [-0.25, -0.2) is 0 Å². The average Bonchev–Trinajstić information content (AvgIpc) is 2.75. The molecule has 0 fully saturated rings. The van der Waals surface area contributed by atoms with Crippen molar-refractivity contribution >= 4 is 16.8 Å². The number of ether oxygens (including phenoxy) is 1. The van der Waals surface area contributed by atoms with E-state index in [-0.39, 0.29) is 5.97 Å². The highest BCUT2D eigenvalue weighted by Gasteiger charge is 2.37. The number of hydrogen-bond donors (Lipinski definition) is 0. The highest BCUT2D eigenvalue weighted by Crippen LogP contribution is 2.31. The third-order valence-electron chi connectivity index (χ3n) is 4.79. The average molecular weight is 398 g/mol. The lowest BCUT2D eigenvalue weighted by Crippen LogP contribution is -2.35. The second-order valence-electron chi connectivity index (χ2n) is 6.84. The Hall–Kier alpha value is -2.45. The zero-order chi connectivity index (χ0) is 20.2. The quantitative estimate of drug-likeness (QED) is 0.403. The molecule has 148 valence electrons. The van der Waals surface area contributed by atoms with Gasteiger partial charge in [0.05, 0.1) is 24.0 Å². The molecule has 0 aromatic heterocycles. The van der Waals surface area contributed by atoms with E-state index in [9.17, 15) is 14.3 Å². The number of hydrogen-bond acceptors (Lipinski definition) is 4. The molecule has 4 nitrogen and oxygen atoms in total. The molecule has 2 rings (SSSR count). The third kappa shape index (κ3) is 6.31. The van der Waals surface area contributed by atoms with Gasteiger partial charge in [0.1, 0.15) is 4.75 Å². The van der Waals surface area contributed by atoms with Gasteiger partial charge in [-0.2, -0.15) is 5.26 Å². The fourth-order valence-corrected chi connectivity index (χ4v) is 4.78. The van der Waals surface area contributed by atoms with Gasteiger partial charge in [0.15, 0.2) is 0 Å². The number of benzene rings is 2. The lowest BCUT2D eigenvalue weighted by molar-refractivity contribution is -0.140. The molecule has 0 saturated carbocycles. The van der Waals surface area contributed by atoms with Crippen molar-refractivity contribution in [2.45, 2.75) is 54.6 Å². The van der Waals surface area contributed by atoms with Crippen LogP contribution >= 0.6 is 0 Å². The number of carbonyl (C=O) groups excluding carboxylic acids is 1. The molecule has 0 aliphatic rings. The van der Waals surface area contributed by atoms with Crippen LogP contribution in [0.3, 0.4) is 0 Å². The van der Waals surface area contributed by atoms with Gasteiger partial charge in [-0.3, -0.25) is 9.00 Å². The molecule has 2 unspecified atom stereocenters. The summed E-state index contributed by atoms with van der Waals surface area (Å²) < 4.78 is 17.1. The molecule has 0 spiro atoms. The summed E-state index contributed by atoms with van der Waals surface area (Å²) >= 11 is 0. The van der Waals surface area contributed by atoms with E-state index >= 15 is 0 Å².